The molecule has 3 aromatic rings. The van der Waals surface area contributed by atoms with E-state index in [0.717, 1.165) is 30.8 Å². The summed E-state index contributed by atoms with van der Waals surface area (Å²) in [5, 5.41) is 3.89. The van der Waals surface area contributed by atoms with Crippen molar-refractivity contribution in [3.63, 3.8) is 0 Å². The zero-order valence-electron chi connectivity index (χ0n) is 14.3. The molecule has 1 unspecified atom stereocenters. The van der Waals surface area contributed by atoms with Gasteiger partial charge in [-0.3, -0.25) is 9.78 Å². The second kappa shape index (κ2) is 7.48. The molecule has 1 saturated heterocycles. The first-order chi connectivity index (χ1) is 13.2. The van der Waals surface area contributed by atoms with Crippen molar-refractivity contribution in [2.45, 2.75) is 18.9 Å². The maximum Gasteiger partial charge on any atom is 0.316 e. The van der Waals surface area contributed by atoms with Gasteiger partial charge in [0.25, 0.3) is 5.91 Å². The van der Waals surface area contributed by atoms with Crippen molar-refractivity contribution in [1.29, 1.82) is 0 Å². The lowest BCUT2D eigenvalue weighted by atomic mass is 10.1. The maximum absolute atomic E-state index is 12.9. The van der Waals surface area contributed by atoms with Crippen LogP contribution in [-0.2, 0) is 0 Å². The smallest absolute Gasteiger partial charge is 0.316 e. The van der Waals surface area contributed by atoms with Crippen molar-refractivity contribution in [2.75, 3.05) is 13.1 Å². The number of amides is 1. The van der Waals surface area contributed by atoms with Crippen molar-refractivity contribution in [2.24, 2.45) is 0 Å². The minimum Gasteiger partial charge on any atom is -0.458 e. The number of carbonyl (C=O) groups is 1. The molecule has 0 spiro atoms. The lowest BCUT2D eigenvalue weighted by Gasteiger charge is -2.31. The molecule has 0 N–H and O–H groups in total. The number of likely N-dealkylation sites (tertiary alicyclic amines) is 1. The van der Waals surface area contributed by atoms with Crippen LogP contribution in [0.5, 0.6) is 6.01 Å². The summed E-state index contributed by atoms with van der Waals surface area (Å²) in [5.41, 5.74) is 0.977. The minimum absolute atomic E-state index is 0.0935. The minimum atomic E-state index is -0.529. The molecule has 0 bridgehead atoms. The Morgan fingerprint density at radius 2 is 2.15 bits per heavy atom. The molecule has 4 rings (SSSR count). The van der Waals surface area contributed by atoms with E-state index in [4.69, 9.17) is 9.26 Å². The number of carbonyl (C=O) groups excluding carboxylic acids is 1. The van der Waals surface area contributed by atoms with Crippen molar-refractivity contribution in [3.05, 3.63) is 54.5 Å². The molecule has 1 amide bonds. The van der Waals surface area contributed by atoms with Crippen LogP contribution < -0.4 is 4.74 Å². The second-order valence-electron chi connectivity index (χ2n) is 6.14. The summed E-state index contributed by atoms with van der Waals surface area (Å²) < 4.78 is 23.8. The third-order valence-corrected chi connectivity index (χ3v) is 4.21. The molecule has 27 heavy (non-hydrogen) atoms. The Labute approximate surface area is 154 Å². The lowest BCUT2D eigenvalue weighted by Crippen LogP contribution is -2.44. The molecule has 4 heterocycles. The molecular formula is C18H16FN5O3. The molecule has 3 aromatic heterocycles. The Balaban J connectivity index is 1.43. The van der Waals surface area contributed by atoms with E-state index in [9.17, 15) is 9.18 Å². The molecule has 138 valence electrons. The first kappa shape index (κ1) is 17.1. The summed E-state index contributed by atoms with van der Waals surface area (Å²) in [6.07, 6.45) is 6.65. The van der Waals surface area contributed by atoms with E-state index in [1.165, 1.54) is 0 Å². The zero-order valence-corrected chi connectivity index (χ0v) is 14.3. The van der Waals surface area contributed by atoms with E-state index in [0.29, 0.717) is 18.8 Å². The number of pyridine rings is 1. The second-order valence-corrected chi connectivity index (χ2v) is 6.14. The number of halogens is 1. The van der Waals surface area contributed by atoms with E-state index >= 15 is 0 Å². The Bertz CT molecular complexity index is 916. The lowest BCUT2D eigenvalue weighted by molar-refractivity contribution is 0.0506. The summed E-state index contributed by atoms with van der Waals surface area (Å²) in [4.78, 5) is 26.0. The van der Waals surface area contributed by atoms with Gasteiger partial charge in [-0.2, -0.15) is 0 Å². The van der Waals surface area contributed by atoms with Crippen LogP contribution in [-0.4, -0.2) is 50.1 Å². The van der Waals surface area contributed by atoms with Gasteiger partial charge < -0.3 is 14.2 Å². The summed E-state index contributed by atoms with van der Waals surface area (Å²) >= 11 is 0. The zero-order chi connectivity index (χ0) is 18.6. The maximum atomic E-state index is 12.9. The number of ether oxygens (including phenoxy) is 1. The monoisotopic (exact) mass is 369 g/mol. The van der Waals surface area contributed by atoms with Gasteiger partial charge in [0.05, 0.1) is 18.9 Å². The van der Waals surface area contributed by atoms with Gasteiger partial charge in [-0.15, -0.1) is 0 Å². The van der Waals surface area contributed by atoms with Crippen LogP contribution in [0.2, 0.25) is 0 Å². The Morgan fingerprint density at radius 1 is 1.30 bits per heavy atom. The molecule has 1 atom stereocenters. The van der Waals surface area contributed by atoms with Gasteiger partial charge in [-0.05, 0) is 25.0 Å². The number of rotatable bonds is 4. The standard InChI is InChI=1S/C18H16FN5O3/c19-13-9-21-18(22-10-13)26-14-4-2-6-24(11-14)17(25)15-7-16(27-23-15)12-3-1-5-20-8-12/h1,3,5,7-10,14H,2,4,6,11H2. The van der Waals surface area contributed by atoms with Crippen LogP contribution in [0.4, 0.5) is 4.39 Å². The van der Waals surface area contributed by atoms with Crippen LogP contribution in [0.1, 0.15) is 23.3 Å². The fraction of sp³-hybridized carbons (Fsp3) is 0.278. The molecule has 1 aliphatic heterocycles. The molecule has 1 aliphatic rings. The van der Waals surface area contributed by atoms with Crippen molar-refractivity contribution < 1.29 is 18.4 Å². The summed E-state index contributed by atoms with van der Waals surface area (Å²) in [5.74, 6) is -0.281. The van der Waals surface area contributed by atoms with E-state index in [1.807, 2.05) is 6.07 Å². The number of piperidine rings is 1. The van der Waals surface area contributed by atoms with Crippen LogP contribution in [0.3, 0.4) is 0 Å². The van der Waals surface area contributed by atoms with Gasteiger partial charge in [-0.1, -0.05) is 5.16 Å². The van der Waals surface area contributed by atoms with Crippen LogP contribution in [0, 0.1) is 5.82 Å². The fourth-order valence-electron chi connectivity index (χ4n) is 2.91. The average Bonchev–Trinajstić information content (AvgIpc) is 3.20. The Kier molecular flexibility index (Phi) is 4.73. The normalized spacial score (nSPS) is 16.9. The number of hydrogen-bond donors (Lipinski definition) is 0. The van der Waals surface area contributed by atoms with Gasteiger partial charge in [0.1, 0.15) is 6.10 Å². The molecule has 9 heteroatoms. The van der Waals surface area contributed by atoms with Gasteiger partial charge >= 0.3 is 6.01 Å². The first-order valence-corrected chi connectivity index (χ1v) is 8.49. The van der Waals surface area contributed by atoms with Gasteiger partial charge in [-0.25, -0.2) is 14.4 Å². The molecule has 1 fully saturated rings. The molecule has 0 saturated carbocycles. The summed E-state index contributed by atoms with van der Waals surface area (Å²) in [6, 6.07) is 5.31. The van der Waals surface area contributed by atoms with Crippen LogP contribution >= 0.6 is 0 Å². The van der Waals surface area contributed by atoms with E-state index in [2.05, 4.69) is 20.1 Å². The van der Waals surface area contributed by atoms with Crippen LogP contribution in [0.25, 0.3) is 11.3 Å². The van der Waals surface area contributed by atoms with Gasteiger partial charge in [0.2, 0.25) is 0 Å². The number of hydrogen-bond acceptors (Lipinski definition) is 7. The molecular weight excluding hydrogens is 353 g/mol. The van der Waals surface area contributed by atoms with Crippen molar-refractivity contribution >= 4 is 5.91 Å². The van der Waals surface area contributed by atoms with Crippen molar-refractivity contribution in [3.8, 4) is 17.3 Å². The summed E-state index contributed by atoms with van der Waals surface area (Å²) in [6.45, 7) is 0.965. The third kappa shape index (κ3) is 3.91. The van der Waals surface area contributed by atoms with E-state index in [1.54, 1.807) is 29.4 Å². The highest BCUT2D eigenvalue weighted by atomic mass is 19.1. The highest BCUT2D eigenvalue weighted by Crippen LogP contribution is 2.21. The predicted octanol–water partition coefficient (Wildman–Crippen LogP) is 2.35. The van der Waals surface area contributed by atoms with Crippen molar-refractivity contribution in [1.82, 2.24) is 25.0 Å². The van der Waals surface area contributed by atoms with E-state index in [-0.39, 0.29) is 23.7 Å². The Morgan fingerprint density at radius 3 is 2.93 bits per heavy atom. The quantitative estimate of drug-likeness (QED) is 0.697. The number of nitrogens with zero attached hydrogens (tertiary/aromatic N) is 5. The number of aromatic nitrogens is 4. The van der Waals surface area contributed by atoms with Crippen LogP contribution in [0.15, 0.2) is 47.5 Å². The predicted molar refractivity (Wildman–Crippen MR) is 91.3 cm³/mol. The molecule has 0 radical (unpaired) electrons. The summed E-state index contributed by atoms with van der Waals surface area (Å²) in [7, 11) is 0. The molecule has 0 aliphatic carbocycles. The molecule has 0 aromatic carbocycles. The Hall–Kier alpha value is -3.36. The SMILES string of the molecule is O=C(c1cc(-c2cccnc2)on1)N1CCCC(Oc2ncc(F)cn2)C1. The first-order valence-electron chi connectivity index (χ1n) is 8.49. The third-order valence-electron chi connectivity index (χ3n) is 4.21. The van der Waals surface area contributed by atoms with Gasteiger partial charge in [0.15, 0.2) is 17.3 Å². The average molecular weight is 369 g/mol. The fourth-order valence-corrected chi connectivity index (χ4v) is 2.91. The largest absolute Gasteiger partial charge is 0.458 e. The highest BCUT2D eigenvalue weighted by molar-refractivity contribution is 5.93. The van der Waals surface area contributed by atoms with E-state index < -0.39 is 5.82 Å². The van der Waals surface area contributed by atoms with Gasteiger partial charge in [0, 0.05) is 30.6 Å². The molecule has 8 nitrogen and oxygen atoms in total. The highest BCUT2D eigenvalue weighted by Gasteiger charge is 2.28. The topological polar surface area (TPSA) is 94.2 Å².